The number of nitrogens with zero attached hydrogens (tertiary/aromatic N) is 1. The number of carboxylic acid groups (broad SMARTS) is 1. The second kappa shape index (κ2) is 37.7. The molecule has 0 aromatic carbocycles. The van der Waals surface area contributed by atoms with Gasteiger partial charge in [0, 0.05) is 19.3 Å². The number of carbonyl (C=O) groups is 3. The molecule has 0 rings (SSSR count). The molecule has 0 spiro atoms. The summed E-state index contributed by atoms with van der Waals surface area (Å²) < 4.78 is 17.2. The van der Waals surface area contributed by atoms with Crippen LogP contribution in [0.4, 0.5) is 0 Å². The number of quaternary nitrogens is 1. The van der Waals surface area contributed by atoms with E-state index in [4.69, 9.17) is 14.2 Å². The second-order valence-corrected chi connectivity index (χ2v) is 15.2. The van der Waals surface area contributed by atoms with E-state index in [1.807, 2.05) is 21.1 Å². The molecule has 314 valence electrons. The number of rotatable bonds is 37. The van der Waals surface area contributed by atoms with Crippen molar-refractivity contribution in [2.75, 3.05) is 41.0 Å². The van der Waals surface area contributed by atoms with Gasteiger partial charge in [-0.3, -0.25) is 9.59 Å². The third-order valence-corrected chi connectivity index (χ3v) is 9.09. The van der Waals surface area contributed by atoms with Crippen LogP contribution in [0.15, 0.2) is 72.9 Å². The van der Waals surface area contributed by atoms with Crippen molar-refractivity contribution in [3.05, 3.63) is 72.9 Å². The molecule has 2 unspecified atom stereocenters. The van der Waals surface area contributed by atoms with Gasteiger partial charge in [0.1, 0.15) is 6.61 Å². The van der Waals surface area contributed by atoms with E-state index in [-0.39, 0.29) is 42.7 Å². The highest BCUT2D eigenvalue weighted by molar-refractivity contribution is 5.72. The lowest BCUT2D eigenvalue weighted by molar-refractivity contribution is -0.887. The molecule has 0 aliphatic carbocycles. The lowest BCUT2D eigenvalue weighted by Crippen LogP contribution is -2.50. The van der Waals surface area contributed by atoms with Gasteiger partial charge in [0.05, 0.1) is 34.4 Å². The van der Waals surface area contributed by atoms with Crippen molar-refractivity contribution in [2.45, 2.75) is 167 Å². The predicted molar refractivity (Wildman–Crippen MR) is 229 cm³/mol. The summed E-state index contributed by atoms with van der Waals surface area (Å²) in [5, 5.41) is 9.61. The largest absolute Gasteiger partial charge is 0.477 e. The highest BCUT2D eigenvalue weighted by Crippen LogP contribution is 2.12. The lowest BCUT2D eigenvalue weighted by atomic mass is 10.1. The fourth-order valence-corrected chi connectivity index (χ4v) is 5.77. The highest BCUT2D eigenvalue weighted by Gasteiger charge is 2.31. The van der Waals surface area contributed by atoms with E-state index >= 15 is 0 Å². The molecule has 55 heavy (non-hydrogen) atoms. The number of hydrogen-bond acceptors (Lipinski definition) is 6. The van der Waals surface area contributed by atoms with E-state index in [0.717, 1.165) is 70.6 Å². The Bertz CT molecular complexity index is 1130. The molecule has 0 amide bonds. The SMILES string of the molecule is CC/C=C/C/C=C/C/C=C/CCCCCCC(=O)OCC(COCCC(C(=O)O)[N+](C)(C)C)OC(=O)CCC/C=C/C/C=C/C/C=C/CCCCCCCC. The zero-order valence-electron chi connectivity index (χ0n) is 35.6. The number of carbonyl (C=O) groups excluding carboxylic acids is 2. The third kappa shape index (κ3) is 36.2. The third-order valence-electron chi connectivity index (χ3n) is 9.09. The molecular formula is C47H80NO7+. The van der Waals surface area contributed by atoms with E-state index in [0.29, 0.717) is 19.3 Å². The number of hydrogen-bond donors (Lipinski definition) is 1. The van der Waals surface area contributed by atoms with Crippen molar-refractivity contribution in [2.24, 2.45) is 0 Å². The molecular weight excluding hydrogens is 691 g/mol. The molecule has 0 aliphatic heterocycles. The second-order valence-electron chi connectivity index (χ2n) is 15.2. The van der Waals surface area contributed by atoms with E-state index in [1.54, 1.807) is 0 Å². The molecule has 0 saturated carbocycles. The van der Waals surface area contributed by atoms with Crippen molar-refractivity contribution in [1.82, 2.24) is 0 Å². The number of unbranched alkanes of at least 4 members (excludes halogenated alkanes) is 11. The summed E-state index contributed by atoms with van der Waals surface area (Å²) >= 11 is 0. The van der Waals surface area contributed by atoms with Crippen molar-refractivity contribution in [3.8, 4) is 0 Å². The number of esters is 2. The van der Waals surface area contributed by atoms with Crippen LogP contribution in [0.5, 0.6) is 0 Å². The zero-order chi connectivity index (χ0) is 40.7. The summed E-state index contributed by atoms with van der Waals surface area (Å²) in [5.41, 5.74) is 0. The minimum Gasteiger partial charge on any atom is -0.477 e. The molecule has 0 bridgehead atoms. The maximum atomic E-state index is 12.7. The molecule has 2 atom stereocenters. The molecule has 0 saturated heterocycles. The molecule has 0 fully saturated rings. The molecule has 8 nitrogen and oxygen atoms in total. The summed E-state index contributed by atoms with van der Waals surface area (Å²) in [7, 11) is 5.49. The van der Waals surface area contributed by atoms with Gasteiger partial charge in [-0.05, 0) is 77.0 Å². The molecule has 1 N–H and O–H groups in total. The van der Waals surface area contributed by atoms with Gasteiger partial charge < -0.3 is 23.8 Å². The smallest absolute Gasteiger partial charge is 0.362 e. The van der Waals surface area contributed by atoms with Gasteiger partial charge in [-0.1, -0.05) is 132 Å². The monoisotopic (exact) mass is 771 g/mol. The number of ether oxygens (including phenoxy) is 3. The average Bonchev–Trinajstić information content (AvgIpc) is 3.14. The van der Waals surface area contributed by atoms with Crippen LogP contribution in [0.25, 0.3) is 0 Å². The van der Waals surface area contributed by atoms with Crippen molar-refractivity contribution < 1.29 is 38.2 Å². The maximum Gasteiger partial charge on any atom is 0.362 e. The zero-order valence-corrected chi connectivity index (χ0v) is 35.6. The molecule has 8 heteroatoms. The lowest BCUT2D eigenvalue weighted by Gasteiger charge is -2.31. The minimum atomic E-state index is -0.889. The summed E-state index contributed by atoms with van der Waals surface area (Å²) in [6.07, 6.45) is 46.7. The first-order valence-corrected chi connectivity index (χ1v) is 21.5. The van der Waals surface area contributed by atoms with Crippen LogP contribution in [-0.4, -0.2) is 80.6 Å². The van der Waals surface area contributed by atoms with Gasteiger partial charge in [-0.15, -0.1) is 0 Å². The molecule has 0 aliphatic rings. The summed E-state index contributed by atoms with van der Waals surface area (Å²) in [6.45, 7) is 4.52. The Labute approximate surface area is 336 Å². The highest BCUT2D eigenvalue weighted by atomic mass is 16.6. The molecule has 0 aromatic heterocycles. The predicted octanol–water partition coefficient (Wildman–Crippen LogP) is 11.6. The first-order valence-electron chi connectivity index (χ1n) is 21.5. The van der Waals surface area contributed by atoms with Crippen LogP contribution >= 0.6 is 0 Å². The number of aliphatic carboxylic acids is 1. The van der Waals surface area contributed by atoms with E-state index in [1.165, 1.54) is 44.9 Å². The van der Waals surface area contributed by atoms with Crippen LogP contribution in [0.2, 0.25) is 0 Å². The minimum absolute atomic E-state index is 0.0300. The number of allylic oxidation sites excluding steroid dienone is 12. The number of likely N-dealkylation sites (N-methyl/N-ethyl adjacent to an activating group) is 1. The molecule has 0 heterocycles. The van der Waals surface area contributed by atoms with E-state index in [2.05, 4.69) is 86.8 Å². The molecule has 0 radical (unpaired) electrons. The van der Waals surface area contributed by atoms with Gasteiger partial charge in [0.25, 0.3) is 0 Å². The van der Waals surface area contributed by atoms with Crippen LogP contribution in [-0.2, 0) is 28.6 Å². The van der Waals surface area contributed by atoms with Crippen molar-refractivity contribution >= 4 is 17.9 Å². The van der Waals surface area contributed by atoms with Gasteiger partial charge in [-0.2, -0.15) is 0 Å². The van der Waals surface area contributed by atoms with Crippen molar-refractivity contribution in [3.63, 3.8) is 0 Å². The van der Waals surface area contributed by atoms with Crippen LogP contribution < -0.4 is 0 Å². The van der Waals surface area contributed by atoms with Gasteiger partial charge >= 0.3 is 17.9 Å². The Morgan fingerprint density at radius 2 is 1.04 bits per heavy atom. The summed E-state index contributed by atoms with van der Waals surface area (Å²) in [4.78, 5) is 36.9. The topological polar surface area (TPSA) is 99.1 Å². The van der Waals surface area contributed by atoms with Crippen LogP contribution in [0.1, 0.15) is 155 Å². The Kier molecular flexibility index (Phi) is 35.5. The summed E-state index contributed by atoms with van der Waals surface area (Å²) in [6, 6.07) is -0.630. The number of carboxylic acids is 1. The van der Waals surface area contributed by atoms with E-state index < -0.39 is 18.1 Å². The van der Waals surface area contributed by atoms with Crippen molar-refractivity contribution in [1.29, 1.82) is 0 Å². The van der Waals surface area contributed by atoms with Gasteiger partial charge in [0.15, 0.2) is 12.1 Å². The Morgan fingerprint density at radius 3 is 1.56 bits per heavy atom. The normalized spacial score (nSPS) is 13.7. The first-order chi connectivity index (χ1) is 26.6. The van der Waals surface area contributed by atoms with E-state index in [9.17, 15) is 19.5 Å². The fourth-order valence-electron chi connectivity index (χ4n) is 5.77. The Balaban J connectivity index is 4.50. The first kappa shape index (κ1) is 51.8. The van der Waals surface area contributed by atoms with Crippen LogP contribution in [0.3, 0.4) is 0 Å². The molecule has 0 aromatic rings. The quantitative estimate of drug-likeness (QED) is 0.0291. The van der Waals surface area contributed by atoms with Crippen LogP contribution in [0, 0.1) is 0 Å². The summed E-state index contributed by atoms with van der Waals surface area (Å²) in [5.74, 6) is -1.57. The maximum absolute atomic E-state index is 12.7. The van der Waals surface area contributed by atoms with Gasteiger partial charge in [0.2, 0.25) is 0 Å². The fraction of sp³-hybridized carbons (Fsp3) is 0.681. The average molecular weight is 771 g/mol. The standard InChI is InChI=1S/C47H79NO7/c1-6-8-10-12-14-16-18-20-22-23-24-26-28-30-32-34-36-38-46(50)55-43(41-53-40-39-44(47(51)52)48(3,4)5)42-54-45(49)37-35-33-31-29-27-25-21-19-17-15-13-11-9-7-2/h9,11,15,17,20-22,24-26,30,32,43-44H,6-8,10,12-14,16,18-19,23,27-29,31,33-42H2,1-5H3/p+1/b11-9+,17-15+,22-20+,25-21+,26-24+,32-30+. The Morgan fingerprint density at radius 1 is 0.564 bits per heavy atom. The Hall–Kier alpha value is -3.23. The van der Waals surface area contributed by atoms with Gasteiger partial charge in [-0.25, -0.2) is 4.79 Å².